The zero-order chi connectivity index (χ0) is 16.3. The van der Waals surface area contributed by atoms with Crippen molar-refractivity contribution in [2.24, 2.45) is 7.05 Å². The molecule has 2 heterocycles. The molecule has 2 nitrogen and oxygen atoms in total. The van der Waals surface area contributed by atoms with E-state index < -0.39 is 0 Å². The average molecular weight is 313 g/mol. The van der Waals surface area contributed by atoms with Crippen LogP contribution in [0.15, 0.2) is 59.0 Å². The minimum absolute atomic E-state index is 0.976. The largest absolute Gasteiger partial charge is 0.456 e. The van der Waals surface area contributed by atoms with Crippen molar-refractivity contribution in [1.29, 1.82) is 0 Å². The first-order valence-electron chi connectivity index (χ1n) is 8.60. The second-order valence-electron chi connectivity index (χ2n) is 6.55. The topological polar surface area (TPSA) is 18.1 Å². The van der Waals surface area contributed by atoms with Gasteiger partial charge in [0, 0.05) is 34.1 Å². The SMILES string of the molecule is CCCc1c2c(cc3c4ccccc4n(C)c13)oc1ccccc12. The second kappa shape index (κ2) is 4.88. The quantitative estimate of drug-likeness (QED) is 0.380. The third-order valence-electron chi connectivity index (χ3n) is 5.13. The molecule has 0 aliphatic rings. The Hall–Kier alpha value is -2.74. The van der Waals surface area contributed by atoms with Crippen molar-refractivity contribution in [1.82, 2.24) is 4.57 Å². The number of furan rings is 1. The summed E-state index contributed by atoms with van der Waals surface area (Å²) in [5.74, 6) is 0. The van der Waals surface area contributed by atoms with Gasteiger partial charge >= 0.3 is 0 Å². The summed E-state index contributed by atoms with van der Waals surface area (Å²) in [5, 5.41) is 5.10. The Kier molecular flexibility index (Phi) is 2.78. The molecule has 0 bridgehead atoms. The van der Waals surface area contributed by atoms with Crippen molar-refractivity contribution < 1.29 is 4.42 Å². The molecule has 2 aromatic heterocycles. The molecule has 0 radical (unpaired) electrons. The van der Waals surface area contributed by atoms with E-state index in [1.54, 1.807) is 0 Å². The van der Waals surface area contributed by atoms with Gasteiger partial charge in [-0.1, -0.05) is 49.7 Å². The van der Waals surface area contributed by atoms with Gasteiger partial charge < -0.3 is 8.98 Å². The van der Waals surface area contributed by atoms with Gasteiger partial charge in [0.15, 0.2) is 0 Å². The Labute approximate surface area is 140 Å². The van der Waals surface area contributed by atoms with E-state index in [4.69, 9.17) is 4.42 Å². The number of rotatable bonds is 2. The van der Waals surface area contributed by atoms with Gasteiger partial charge in [-0.15, -0.1) is 0 Å². The van der Waals surface area contributed by atoms with Crippen LogP contribution in [0.4, 0.5) is 0 Å². The lowest BCUT2D eigenvalue weighted by molar-refractivity contribution is 0.669. The highest BCUT2D eigenvalue weighted by atomic mass is 16.3. The molecule has 118 valence electrons. The van der Waals surface area contributed by atoms with Gasteiger partial charge in [0.05, 0.1) is 5.52 Å². The summed E-state index contributed by atoms with van der Waals surface area (Å²) in [5.41, 5.74) is 6.01. The standard InChI is InChI=1S/C22H19NO/c1-3-8-16-21-15-10-5-7-12-19(15)24-20(21)13-17-14-9-4-6-11-18(14)23(2)22(16)17/h4-7,9-13H,3,8H2,1-2H3. The highest BCUT2D eigenvalue weighted by molar-refractivity contribution is 6.18. The van der Waals surface area contributed by atoms with E-state index in [1.807, 2.05) is 6.07 Å². The minimum Gasteiger partial charge on any atom is -0.456 e. The lowest BCUT2D eigenvalue weighted by atomic mass is 9.99. The average Bonchev–Trinajstić information content (AvgIpc) is 3.12. The molecule has 0 fully saturated rings. The van der Waals surface area contributed by atoms with Gasteiger partial charge in [0.25, 0.3) is 0 Å². The predicted molar refractivity (Wildman–Crippen MR) is 102 cm³/mol. The fraction of sp³-hybridized carbons (Fsp3) is 0.182. The van der Waals surface area contributed by atoms with Gasteiger partial charge in [0.2, 0.25) is 0 Å². The molecule has 0 saturated carbocycles. The van der Waals surface area contributed by atoms with E-state index in [1.165, 1.54) is 38.1 Å². The second-order valence-corrected chi connectivity index (χ2v) is 6.55. The summed E-state index contributed by atoms with van der Waals surface area (Å²) in [7, 11) is 2.18. The van der Waals surface area contributed by atoms with Gasteiger partial charge in [-0.2, -0.15) is 0 Å². The highest BCUT2D eigenvalue weighted by Gasteiger charge is 2.18. The summed E-state index contributed by atoms with van der Waals surface area (Å²) >= 11 is 0. The predicted octanol–water partition coefficient (Wildman–Crippen LogP) is 6.18. The first-order valence-corrected chi connectivity index (χ1v) is 8.60. The molecular formula is C22H19NO. The van der Waals surface area contributed by atoms with Crippen LogP contribution >= 0.6 is 0 Å². The summed E-state index contributed by atoms with van der Waals surface area (Å²) in [4.78, 5) is 0. The van der Waals surface area contributed by atoms with Crippen LogP contribution in [0.2, 0.25) is 0 Å². The maximum absolute atomic E-state index is 6.20. The minimum atomic E-state index is 0.976. The lowest BCUT2D eigenvalue weighted by Gasteiger charge is -2.07. The van der Waals surface area contributed by atoms with E-state index >= 15 is 0 Å². The van der Waals surface area contributed by atoms with Crippen molar-refractivity contribution in [3.05, 3.63) is 60.2 Å². The van der Waals surface area contributed by atoms with Crippen molar-refractivity contribution in [2.45, 2.75) is 19.8 Å². The lowest BCUT2D eigenvalue weighted by Crippen LogP contribution is -1.94. The van der Waals surface area contributed by atoms with Gasteiger partial charge in [-0.3, -0.25) is 0 Å². The van der Waals surface area contributed by atoms with Gasteiger partial charge in [0.1, 0.15) is 11.2 Å². The number of hydrogen-bond donors (Lipinski definition) is 0. The van der Waals surface area contributed by atoms with Crippen molar-refractivity contribution in [3.8, 4) is 0 Å². The fourth-order valence-corrected chi connectivity index (χ4v) is 4.15. The molecular weight excluding hydrogens is 294 g/mol. The van der Waals surface area contributed by atoms with E-state index in [0.717, 1.165) is 24.0 Å². The Morgan fingerprint density at radius 2 is 1.62 bits per heavy atom. The normalized spacial score (nSPS) is 12.1. The van der Waals surface area contributed by atoms with Crippen LogP contribution in [0.25, 0.3) is 43.7 Å². The zero-order valence-corrected chi connectivity index (χ0v) is 14.0. The first kappa shape index (κ1) is 13.7. The number of hydrogen-bond acceptors (Lipinski definition) is 1. The van der Waals surface area contributed by atoms with Crippen LogP contribution in [0.5, 0.6) is 0 Å². The van der Waals surface area contributed by atoms with Crippen LogP contribution in [-0.4, -0.2) is 4.57 Å². The van der Waals surface area contributed by atoms with Crippen LogP contribution in [0.1, 0.15) is 18.9 Å². The van der Waals surface area contributed by atoms with Crippen molar-refractivity contribution in [3.63, 3.8) is 0 Å². The van der Waals surface area contributed by atoms with Crippen LogP contribution in [-0.2, 0) is 13.5 Å². The molecule has 5 rings (SSSR count). The molecule has 5 aromatic rings. The van der Waals surface area contributed by atoms with E-state index in [9.17, 15) is 0 Å². The summed E-state index contributed by atoms with van der Waals surface area (Å²) in [6, 6.07) is 19.2. The maximum atomic E-state index is 6.20. The Bertz CT molecular complexity index is 1220. The number of nitrogens with zero attached hydrogens (tertiary/aromatic N) is 1. The molecule has 24 heavy (non-hydrogen) atoms. The zero-order valence-electron chi connectivity index (χ0n) is 14.0. The molecule has 0 aliphatic heterocycles. The van der Waals surface area contributed by atoms with Crippen molar-refractivity contribution in [2.75, 3.05) is 0 Å². The molecule has 0 spiro atoms. The molecule has 0 N–H and O–H groups in total. The highest BCUT2D eigenvalue weighted by Crippen LogP contribution is 2.40. The monoisotopic (exact) mass is 313 g/mol. The Morgan fingerprint density at radius 1 is 0.875 bits per heavy atom. The van der Waals surface area contributed by atoms with E-state index in [2.05, 4.69) is 67.1 Å². The van der Waals surface area contributed by atoms with Crippen molar-refractivity contribution >= 4 is 43.7 Å². The summed E-state index contributed by atoms with van der Waals surface area (Å²) < 4.78 is 8.54. The van der Waals surface area contributed by atoms with Gasteiger partial charge in [-0.25, -0.2) is 0 Å². The fourth-order valence-electron chi connectivity index (χ4n) is 4.15. The van der Waals surface area contributed by atoms with Crippen LogP contribution in [0.3, 0.4) is 0 Å². The maximum Gasteiger partial charge on any atom is 0.136 e. The number of aromatic nitrogens is 1. The van der Waals surface area contributed by atoms with Gasteiger partial charge in [-0.05, 0) is 30.2 Å². The summed E-state index contributed by atoms with van der Waals surface area (Å²) in [6.45, 7) is 2.25. The number of para-hydroxylation sites is 2. The number of aryl methyl sites for hydroxylation is 2. The molecule has 0 atom stereocenters. The Morgan fingerprint density at radius 3 is 2.46 bits per heavy atom. The third kappa shape index (κ3) is 1.66. The first-order chi connectivity index (χ1) is 11.8. The molecule has 0 aliphatic carbocycles. The molecule has 0 amide bonds. The van der Waals surface area contributed by atoms with E-state index in [0.29, 0.717) is 0 Å². The molecule has 0 saturated heterocycles. The summed E-state index contributed by atoms with van der Waals surface area (Å²) in [6.07, 6.45) is 2.18. The van der Waals surface area contributed by atoms with Crippen LogP contribution in [0, 0.1) is 0 Å². The smallest absolute Gasteiger partial charge is 0.136 e. The molecule has 2 heteroatoms. The third-order valence-corrected chi connectivity index (χ3v) is 5.13. The Balaban J connectivity index is 2.10. The van der Waals surface area contributed by atoms with E-state index in [-0.39, 0.29) is 0 Å². The molecule has 3 aromatic carbocycles. The number of benzene rings is 3. The molecule has 0 unspecified atom stereocenters. The number of fused-ring (bicyclic) bond motifs is 6. The van der Waals surface area contributed by atoms with Crippen LogP contribution < -0.4 is 0 Å².